The van der Waals surface area contributed by atoms with Crippen LogP contribution in [0.1, 0.15) is 38.8 Å². The van der Waals surface area contributed by atoms with Gasteiger partial charge in [-0.1, -0.05) is 41.2 Å². The number of aliphatic hydroxyl groups excluding tert-OH is 1. The summed E-state index contributed by atoms with van der Waals surface area (Å²) in [4.78, 5) is 14.4. The summed E-state index contributed by atoms with van der Waals surface area (Å²) in [6.07, 6.45) is 2.10. The van der Waals surface area contributed by atoms with Crippen LogP contribution in [0.25, 0.3) is 0 Å². The lowest BCUT2D eigenvalue weighted by Crippen LogP contribution is -2.31. The number of hydrogen-bond acceptors (Lipinski definition) is 6. The van der Waals surface area contributed by atoms with E-state index < -0.39 is 0 Å². The van der Waals surface area contributed by atoms with E-state index in [-0.39, 0.29) is 18.6 Å². The fourth-order valence-corrected chi connectivity index (χ4v) is 3.64. The van der Waals surface area contributed by atoms with Gasteiger partial charge in [-0.25, -0.2) is 0 Å². The van der Waals surface area contributed by atoms with E-state index in [0.29, 0.717) is 18.1 Å². The summed E-state index contributed by atoms with van der Waals surface area (Å²) in [6.45, 7) is 4.29. The van der Waals surface area contributed by atoms with Crippen LogP contribution in [-0.4, -0.2) is 45.3 Å². The Hall–Kier alpha value is -1.83. The highest BCUT2D eigenvalue weighted by Gasteiger charge is 2.25. The number of carbonyl (C=O) groups excluding carboxylic acids is 1. The first kappa shape index (κ1) is 17.0. The first-order valence-electron chi connectivity index (χ1n) is 8.16. The average molecular weight is 346 g/mol. The van der Waals surface area contributed by atoms with E-state index in [9.17, 15) is 9.90 Å². The van der Waals surface area contributed by atoms with Gasteiger partial charge in [-0.3, -0.25) is 9.69 Å². The maximum absolute atomic E-state index is 12.2. The number of benzene rings is 1. The minimum absolute atomic E-state index is 0.169. The van der Waals surface area contributed by atoms with E-state index in [2.05, 4.69) is 20.4 Å². The van der Waals surface area contributed by atoms with Crippen LogP contribution in [0.15, 0.2) is 24.3 Å². The van der Waals surface area contributed by atoms with Crippen molar-refractivity contribution in [2.75, 3.05) is 13.2 Å². The number of carbonyl (C=O) groups is 1. The van der Waals surface area contributed by atoms with Gasteiger partial charge in [-0.2, -0.15) is 0 Å². The predicted octanol–water partition coefficient (Wildman–Crippen LogP) is 1.73. The zero-order valence-electron chi connectivity index (χ0n) is 13.7. The molecule has 0 aliphatic carbocycles. The highest BCUT2D eigenvalue weighted by molar-refractivity contribution is 7.13. The monoisotopic (exact) mass is 346 g/mol. The quantitative estimate of drug-likeness (QED) is 0.833. The summed E-state index contributed by atoms with van der Waals surface area (Å²) < 4.78 is 0. The number of aliphatic hydroxyl groups is 1. The molecule has 0 unspecified atom stereocenters. The fourth-order valence-electron chi connectivity index (χ4n) is 2.86. The Labute approximate surface area is 145 Å². The molecule has 1 atom stereocenters. The van der Waals surface area contributed by atoms with E-state index in [1.807, 2.05) is 31.2 Å². The molecule has 3 rings (SSSR count). The number of likely N-dealkylation sites (tertiary alicyclic amines) is 1. The number of hydrogen-bond donors (Lipinski definition) is 2. The maximum Gasteiger partial charge on any atom is 0.282 e. The standard InChI is InChI=1S/C17H22N4O2S/c1-12-4-6-13(7-5-12)9-18-16(23)17-20-19-15(24-17)10-21-8-2-3-14(21)11-22/h4-7,14,22H,2-3,8-11H2,1H3,(H,18,23)/t14-/m1/s1. The van der Waals surface area contributed by atoms with Crippen LogP contribution in [0, 0.1) is 6.92 Å². The lowest BCUT2D eigenvalue weighted by Gasteiger charge is -2.20. The zero-order valence-corrected chi connectivity index (χ0v) is 14.6. The normalized spacial score (nSPS) is 18.0. The minimum Gasteiger partial charge on any atom is -0.395 e. The molecule has 1 fully saturated rings. The number of aromatic nitrogens is 2. The summed E-state index contributed by atoms with van der Waals surface area (Å²) in [5.74, 6) is -0.195. The van der Waals surface area contributed by atoms with E-state index in [4.69, 9.17) is 0 Å². The SMILES string of the molecule is Cc1ccc(CNC(=O)c2nnc(CN3CCC[C@@H]3CO)s2)cc1. The van der Waals surface area contributed by atoms with Crippen LogP contribution >= 0.6 is 11.3 Å². The Morgan fingerprint density at radius 1 is 1.38 bits per heavy atom. The third kappa shape index (κ3) is 4.17. The van der Waals surface area contributed by atoms with Crippen molar-refractivity contribution >= 4 is 17.2 Å². The maximum atomic E-state index is 12.2. The molecule has 1 aliphatic rings. The van der Waals surface area contributed by atoms with Crippen molar-refractivity contribution in [2.24, 2.45) is 0 Å². The van der Waals surface area contributed by atoms with Gasteiger partial charge in [0, 0.05) is 12.6 Å². The topological polar surface area (TPSA) is 78.4 Å². The lowest BCUT2D eigenvalue weighted by molar-refractivity contribution is 0.0950. The molecule has 1 aromatic carbocycles. The predicted molar refractivity (Wildman–Crippen MR) is 92.8 cm³/mol. The number of nitrogens with zero attached hydrogens (tertiary/aromatic N) is 3. The summed E-state index contributed by atoms with van der Waals surface area (Å²) >= 11 is 1.32. The lowest BCUT2D eigenvalue weighted by atomic mass is 10.1. The second-order valence-electron chi connectivity index (χ2n) is 6.12. The summed E-state index contributed by atoms with van der Waals surface area (Å²) in [5, 5.41) is 21.6. The summed E-state index contributed by atoms with van der Waals surface area (Å²) in [7, 11) is 0. The molecule has 128 valence electrons. The first-order valence-corrected chi connectivity index (χ1v) is 8.98. The Balaban J connectivity index is 1.54. The second-order valence-corrected chi connectivity index (χ2v) is 7.18. The molecule has 1 saturated heterocycles. The van der Waals surface area contributed by atoms with Crippen molar-refractivity contribution in [1.82, 2.24) is 20.4 Å². The summed E-state index contributed by atoms with van der Waals surface area (Å²) in [6, 6.07) is 8.26. The fraction of sp³-hybridized carbons (Fsp3) is 0.471. The molecule has 24 heavy (non-hydrogen) atoms. The van der Waals surface area contributed by atoms with Crippen molar-refractivity contribution in [3.05, 3.63) is 45.4 Å². The molecular weight excluding hydrogens is 324 g/mol. The number of amides is 1. The molecule has 1 aliphatic heterocycles. The molecule has 2 N–H and O–H groups in total. The third-order valence-electron chi connectivity index (χ3n) is 4.28. The summed E-state index contributed by atoms with van der Waals surface area (Å²) in [5.41, 5.74) is 2.25. The molecule has 2 aromatic rings. The van der Waals surface area contributed by atoms with E-state index in [1.54, 1.807) is 0 Å². The number of rotatable bonds is 6. The van der Waals surface area contributed by atoms with Gasteiger partial charge in [-0.05, 0) is 31.9 Å². The Morgan fingerprint density at radius 3 is 2.92 bits per heavy atom. The van der Waals surface area contributed by atoms with E-state index in [0.717, 1.165) is 30.0 Å². The van der Waals surface area contributed by atoms with E-state index in [1.165, 1.54) is 16.9 Å². The molecule has 2 heterocycles. The van der Waals surface area contributed by atoms with Crippen LogP contribution in [0.3, 0.4) is 0 Å². The molecule has 1 aromatic heterocycles. The second kappa shape index (κ2) is 7.83. The molecular formula is C17H22N4O2S. The molecule has 1 amide bonds. The van der Waals surface area contributed by atoms with Crippen LogP contribution < -0.4 is 5.32 Å². The Bertz CT molecular complexity index is 686. The molecule has 0 spiro atoms. The van der Waals surface area contributed by atoms with E-state index >= 15 is 0 Å². The van der Waals surface area contributed by atoms with Gasteiger partial charge in [-0.15, -0.1) is 10.2 Å². The number of aryl methyl sites for hydroxylation is 1. The average Bonchev–Trinajstić information content (AvgIpc) is 3.23. The van der Waals surface area contributed by atoms with Gasteiger partial charge in [0.25, 0.3) is 5.91 Å². The van der Waals surface area contributed by atoms with Crippen LogP contribution in [0.2, 0.25) is 0 Å². The smallest absolute Gasteiger partial charge is 0.282 e. The van der Waals surface area contributed by atoms with Crippen molar-refractivity contribution in [3.8, 4) is 0 Å². The highest BCUT2D eigenvalue weighted by atomic mass is 32.1. The van der Waals surface area contributed by atoms with Gasteiger partial charge in [0.05, 0.1) is 13.2 Å². The Kier molecular flexibility index (Phi) is 5.55. The van der Waals surface area contributed by atoms with Crippen molar-refractivity contribution in [2.45, 2.75) is 38.9 Å². The Morgan fingerprint density at radius 2 is 2.17 bits per heavy atom. The van der Waals surface area contributed by atoms with Gasteiger partial charge in [0.2, 0.25) is 5.01 Å². The molecule has 0 radical (unpaired) electrons. The molecule has 0 saturated carbocycles. The molecule has 6 nitrogen and oxygen atoms in total. The number of nitrogens with one attached hydrogen (secondary N) is 1. The van der Waals surface area contributed by atoms with Gasteiger partial charge in [0.15, 0.2) is 0 Å². The van der Waals surface area contributed by atoms with Crippen LogP contribution in [-0.2, 0) is 13.1 Å². The van der Waals surface area contributed by atoms with Crippen molar-refractivity contribution in [3.63, 3.8) is 0 Å². The van der Waals surface area contributed by atoms with Crippen LogP contribution in [0.4, 0.5) is 0 Å². The molecule has 7 heteroatoms. The molecule has 0 bridgehead atoms. The minimum atomic E-state index is -0.195. The zero-order chi connectivity index (χ0) is 16.9. The largest absolute Gasteiger partial charge is 0.395 e. The highest BCUT2D eigenvalue weighted by Crippen LogP contribution is 2.21. The first-order chi connectivity index (χ1) is 11.7. The third-order valence-corrected chi connectivity index (χ3v) is 5.19. The van der Waals surface area contributed by atoms with Gasteiger partial charge in [0.1, 0.15) is 5.01 Å². The van der Waals surface area contributed by atoms with Crippen molar-refractivity contribution < 1.29 is 9.90 Å². The van der Waals surface area contributed by atoms with Crippen molar-refractivity contribution in [1.29, 1.82) is 0 Å². The van der Waals surface area contributed by atoms with Gasteiger partial charge >= 0.3 is 0 Å². The van der Waals surface area contributed by atoms with Crippen LogP contribution in [0.5, 0.6) is 0 Å². The van der Waals surface area contributed by atoms with Gasteiger partial charge < -0.3 is 10.4 Å².